The van der Waals surface area contributed by atoms with Gasteiger partial charge < -0.3 is 15.6 Å². The van der Waals surface area contributed by atoms with Gasteiger partial charge in [-0.05, 0) is 12.1 Å². The van der Waals surface area contributed by atoms with Gasteiger partial charge in [0, 0.05) is 6.07 Å². The van der Waals surface area contributed by atoms with Gasteiger partial charge >= 0.3 is 0 Å². The summed E-state index contributed by atoms with van der Waals surface area (Å²) in [7, 11) is -3.55. The summed E-state index contributed by atoms with van der Waals surface area (Å²) < 4.78 is 27.7. The van der Waals surface area contributed by atoms with Gasteiger partial charge in [-0.1, -0.05) is 6.07 Å². The van der Waals surface area contributed by atoms with Crippen molar-refractivity contribution < 1.29 is 18.3 Å². The van der Waals surface area contributed by atoms with E-state index in [2.05, 4.69) is 4.99 Å². The summed E-state index contributed by atoms with van der Waals surface area (Å²) in [6, 6.07) is 6.16. The summed E-state index contributed by atoms with van der Waals surface area (Å²) in [6.07, 6.45) is 0. The molecule has 1 heterocycles. The molecule has 17 heavy (non-hydrogen) atoms. The fourth-order valence-corrected chi connectivity index (χ4v) is 2.11. The zero-order chi connectivity index (χ0) is 12.5. The molecule has 0 atom stereocenters. The maximum Gasteiger partial charge on any atom is 0.234 e. The van der Waals surface area contributed by atoms with Gasteiger partial charge in [0.2, 0.25) is 15.0 Å². The molecule has 0 fully saturated rings. The van der Waals surface area contributed by atoms with Crippen molar-refractivity contribution in [2.75, 3.05) is 6.61 Å². The van der Waals surface area contributed by atoms with E-state index in [0.717, 1.165) is 5.41 Å². The highest BCUT2D eigenvalue weighted by Gasteiger charge is 2.21. The van der Waals surface area contributed by atoms with Gasteiger partial charge in [-0.25, -0.2) is 13.4 Å². The van der Waals surface area contributed by atoms with Gasteiger partial charge in [0.1, 0.15) is 18.1 Å². The Morgan fingerprint density at radius 1 is 1.41 bits per heavy atom. The molecule has 0 spiro atoms. The number of sulfone groups is 1. The number of phenols is 1. The van der Waals surface area contributed by atoms with E-state index >= 15 is 0 Å². The molecular weight excluding hydrogens is 244 g/mol. The topological polar surface area (TPSA) is 102 Å². The first-order valence-corrected chi connectivity index (χ1v) is 6.24. The SMILES string of the molecule is NC1=NC(COc2cccc(O)c2)=CS1(=O)=O. The van der Waals surface area contributed by atoms with Crippen molar-refractivity contribution in [3.05, 3.63) is 35.4 Å². The lowest BCUT2D eigenvalue weighted by atomic mass is 10.3. The van der Waals surface area contributed by atoms with Crippen LogP contribution >= 0.6 is 0 Å². The first kappa shape index (κ1) is 11.5. The number of rotatable bonds is 3. The monoisotopic (exact) mass is 254 g/mol. The first-order valence-electron chi connectivity index (χ1n) is 4.69. The normalized spacial score (nSPS) is 17.4. The minimum atomic E-state index is -3.55. The third kappa shape index (κ3) is 2.56. The fourth-order valence-electron chi connectivity index (χ4n) is 1.27. The Bertz CT molecular complexity index is 604. The molecule has 0 aliphatic carbocycles. The number of benzene rings is 1. The second-order valence-electron chi connectivity index (χ2n) is 3.39. The fraction of sp³-hybridized carbons (Fsp3) is 0.100. The van der Waals surface area contributed by atoms with E-state index in [0.29, 0.717) is 5.75 Å². The zero-order valence-corrected chi connectivity index (χ0v) is 9.52. The number of phenolic OH excluding ortho intramolecular Hbond substituents is 1. The van der Waals surface area contributed by atoms with E-state index in [4.69, 9.17) is 10.5 Å². The highest BCUT2D eigenvalue weighted by molar-refractivity contribution is 8.09. The summed E-state index contributed by atoms with van der Waals surface area (Å²) in [6.45, 7) is -0.0244. The standard InChI is InChI=1S/C10H10N2O4S/c11-10-12-7(6-17(10,14)15)5-16-9-3-1-2-8(13)4-9/h1-4,6,13H,5H2,(H2,11,12). The minimum absolute atomic E-state index is 0.0244. The van der Waals surface area contributed by atoms with Crippen molar-refractivity contribution in [3.8, 4) is 11.5 Å². The number of hydrogen-bond acceptors (Lipinski definition) is 6. The van der Waals surface area contributed by atoms with Crippen LogP contribution in [0.3, 0.4) is 0 Å². The second-order valence-corrected chi connectivity index (χ2v) is 5.13. The number of hydrogen-bond donors (Lipinski definition) is 2. The molecule has 0 unspecified atom stereocenters. The molecule has 0 saturated heterocycles. The van der Waals surface area contributed by atoms with Crippen LogP contribution in [0.15, 0.2) is 40.4 Å². The molecule has 1 aliphatic rings. The van der Waals surface area contributed by atoms with Crippen LogP contribution in [0.4, 0.5) is 0 Å². The van der Waals surface area contributed by atoms with Gasteiger partial charge in [0.25, 0.3) is 0 Å². The van der Waals surface area contributed by atoms with Crippen LogP contribution in [0.2, 0.25) is 0 Å². The molecule has 0 saturated carbocycles. The zero-order valence-electron chi connectivity index (χ0n) is 8.70. The Morgan fingerprint density at radius 3 is 2.76 bits per heavy atom. The predicted octanol–water partition coefficient (Wildman–Crippen LogP) is 0.355. The summed E-state index contributed by atoms with van der Waals surface area (Å²) in [4.78, 5) is 3.66. The third-order valence-electron chi connectivity index (χ3n) is 2.04. The predicted molar refractivity (Wildman–Crippen MR) is 62.2 cm³/mol. The number of nitrogens with zero attached hydrogens (tertiary/aromatic N) is 1. The van der Waals surface area contributed by atoms with E-state index < -0.39 is 15.0 Å². The maximum atomic E-state index is 11.2. The molecule has 0 amide bonds. The van der Waals surface area contributed by atoms with Crippen LogP contribution in [-0.4, -0.2) is 25.3 Å². The molecule has 7 heteroatoms. The maximum absolute atomic E-state index is 11.2. The van der Waals surface area contributed by atoms with Crippen LogP contribution in [-0.2, 0) is 9.84 Å². The smallest absolute Gasteiger partial charge is 0.234 e. The lowest BCUT2D eigenvalue weighted by Crippen LogP contribution is -2.18. The minimum Gasteiger partial charge on any atom is -0.508 e. The van der Waals surface area contributed by atoms with Crippen LogP contribution in [0, 0.1) is 0 Å². The molecule has 2 rings (SSSR count). The van der Waals surface area contributed by atoms with Gasteiger partial charge in [-0.2, -0.15) is 0 Å². The molecule has 90 valence electrons. The average Bonchev–Trinajstić information content (AvgIpc) is 2.50. The number of aromatic hydroxyl groups is 1. The molecule has 1 aliphatic heterocycles. The van der Waals surface area contributed by atoms with Crippen molar-refractivity contribution in [1.29, 1.82) is 0 Å². The van der Waals surface area contributed by atoms with E-state index in [-0.39, 0.29) is 18.1 Å². The van der Waals surface area contributed by atoms with Crippen LogP contribution < -0.4 is 10.5 Å². The Hall–Kier alpha value is -2.02. The largest absolute Gasteiger partial charge is 0.508 e. The lowest BCUT2D eigenvalue weighted by molar-refractivity contribution is 0.348. The van der Waals surface area contributed by atoms with Crippen molar-refractivity contribution >= 4 is 15.0 Å². The molecule has 1 aromatic rings. The number of nitrogens with two attached hydrogens (primary N) is 1. The molecule has 1 aromatic carbocycles. The van der Waals surface area contributed by atoms with Gasteiger partial charge in [0.15, 0.2) is 0 Å². The second kappa shape index (κ2) is 4.10. The number of ether oxygens (including phenoxy) is 1. The Labute approximate surface area is 98.0 Å². The summed E-state index contributed by atoms with van der Waals surface area (Å²) >= 11 is 0. The Balaban J connectivity index is 2.06. The quantitative estimate of drug-likeness (QED) is 0.810. The highest BCUT2D eigenvalue weighted by atomic mass is 32.2. The van der Waals surface area contributed by atoms with Crippen LogP contribution in [0.5, 0.6) is 11.5 Å². The van der Waals surface area contributed by atoms with Gasteiger partial charge in [-0.15, -0.1) is 0 Å². The molecular formula is C10H10N2O4S. The number of aliphatic imine (C=N–C) groups is 1. The first-order chi connectivity index (χ1) is 7.97. The summed E-state index contributed by atoms with van der Waals surface area (Å²) in [5.74, 6) is 0.488. The van der Waals surface area contributed by atoms with Crippen molar-refractivity contribution in [1.82, 2.24) is 0 Å². The molecule has 0 aromatic heterocycles. The third-order valence-corrected chi connectivity index (χ3v) is 3.30. The number of amidine groups is 1. The van der Waals surface area contributed by atoms with Crippen molar-refractivity contribution in [3.63, 3.8) is 0 Å². The van der Waals surface area contributed by atoms with E-state index in [1.54, 1.807) is 12.1 Å². The molecule has 6 nitrogen and oxygen atoms in total. The summed E-state index contributed by atoms with van der Waals surface area (Å²) in [5.41, 5.74) is 5.44. The van der Waals surface area contributed by atoms with Crippen molar-refractivity contribution in [2.24, 2.45) is 10.7 Å². The van der Waals surface area contributed by atoms with E-state index in [1.165, 1.54) is 12.1 Å². The van der Waals surface area contributed by atoms with Gasteiger partial charge in [0.05, 0.1) is 11.1 Å². The Morgan fingerprint density at radius 2 is 2.18 bits per heavy atom. The van der Waals surface area contributed by atoms with Crippen LogP contribution in [0.1, 0.15) is 0 Å². The summed E-state index contributed by atoms with van der Waals surface area (Å²) in [5, 5.41) is 9.73. The van der Waals surface area contributed by atoms with Crippen LogP contribution in [0.25, 0.3) is 0 Å². The van der Waals surface area contributed by atoms with Crippen molar-refractivity contribution in [2.45, 2.75) is 0 Å². The average molecular weight is 254 g/mol. The highest BCUT2D eigenvalue weighted by Crippen LogP contribution is 2.19. The van der Waals surface area contributed by atoms with E-state index in [1.807, 2.05) is 0 Å². The Kier molecular flexibility index (Phi) is 2.76. The molecule has 0 bridgehead atoms. The molecule has 3 N–H and O–H groups in total. The van der Waals surface area contributed by atoms with E-state index in [9.17, 15) is 13.5 Å². The lowest BCUT2D eigenvalue weighted by Gasteiger charge is -2.04. The van der Waals surface area contributed by atoms with Gasteiger partial charge in [-0.3, -0.25) is 0 Å². The molecule has 0 radical (unpaired) electrons.